The molecule has 1 heterocycles. The molecule has 1 aliphatic carbocycles. The van der Waals surface area contributed by atoms with Crippen LogP contribution in [0, 0.1) is 25.7 Å². The summed E-state index contributed by atoms with van der Waals surface area (Å²) in [6, 6.07) is 10.7. The molecule has 0 amide bonds. The van der Waals surface area contributed by atoms with E-state index < -0.39 is 24.6 Å². The first-order valence-corrected chi connectivity index (χ1v) is 13.1. The molecule has 4 rings (SSSR count). The highest BCUT2D eigenvalue weighted by Crippen LogP contribution is 2.46. The SMILES string of the molecule is Cc1cc2c(cc1Cl)C(c1ccc(C)c(C(C)(C)C)c1)[C@H](CO[C@@H]1OC[C@@H](O)[C@H](O)[C@H]1O)[C@@H](CO)C2. The molecule has 4 N–H and O–H groups in total. The van der Waals surface area contributed by atoms with Crippen molar-refractivity contribution in [3.8, 4) is 0 Å². The predicted molar refractivity (Wildman–Crippen MR) is 139 cm³/mol. The maximum Gasteiger partial charge on any atom is 0.186 e. The van der Waals surface area contributed by atoms with Crippen molar-refractivity contribution >= 4 is 11.6 Å². The second-order valence-corrected chi connectivity index (χ2v) is 11.9. The van der Waals surface area contributed by atoms with Gasteiger partial charge in [-0.05, 0) is 77.0 Å². The molecule has 0 spiro atoms. The van der Waals surface area contributed by atoms with Gasteiger partial charge in [-0.25, -0.2) is 0 Å². The zero-order valence-electron chi connectivity index (χ0n) is 21.7. The van der Waals surface area contributed by atoms with Crippen LogP contribution in [0.25, 0.3) is 0 Å². The second kappa shape index (κ2) is 10.7. The van der Waals surface area contributed by atoms with E-state index in [2.05, 4.69) is 52.0 Å². The maximum absolute atomic E-state index is 10.4. The highest BCUT2D eigenvalue weighted by Gasteiger charge is 2.42. The zero-order chi connectivity index (χ0) is 26.4. The van der Waals surface area contributed by atoms with Crippen LogP contribution in [-0.4, -0.2) is 64.8 Å². The first-order chi connectivity index (χ1) is 16.9. The fourth-order valence-electron chi connectivity index (χ4n) is 5.79. The molecule has 1 unspecified atom stereocenters. The lowest BCUT2D eigenvalue weighted by Crippen LogP contribution is -2.54. The van der Waals surface area contributed by atoms with E-state index in [4.69, 9.17) is 21.1 Å². The third-order valence-electron chi connectivity index (χ3n) is 7.84. The van der Waals surface area contributed by atoms with Crippen LogP contribution < -0.4 is 0 Å². The summed E-state index contributed by atoms with van der Waals surface area (Å²) in [5.74, 6) is -0.308. The predicted octanol–water partition coefficient (Wildman–Crippen LogP) is 3.62. The monoisotopic (exact) mass is 518 g/mol. The molecule has 0 saturated carbocycles. The van der Waals surface area contributed by atoms with Gasteiger partial charge in [-0.15, -0.1) is 0 Å². The summed E-state index contributed by atoms with van der Waals surface area (Å²) in [5.41, 5.74) is 6.86. The van der Waals surface area contributed by atoms with Gasteiger partial charge in [0.05, 0.1) is 13.2 Å². The molecular formula is C29H39ClO6. The van der Waals surface area contributed by atoms with Gasteiger partial charge in [0.1, 0.15) is 18.3 Å². The first-order valence-electron chi connectivity index (χ1n) is 12.7. The minimum atomic E-state index is -1.36. The van der Waals surface area contributed by atoms with E-state index in [9.17, 15) is 20.4 Å². The molecule has 7 atom stereocenters. The van der Waals surface area contributed by atoms with Gasteiger partial charge < -0.3 is 29.9 Å². The number of hydrogen-bond acceptors (Lipinski definition) is 6. The van der Waals surface area contributed by atoms with Crippen molar-refractivity contribution in [2.24, 2.45) is 11.8 Å². The molecule has 1 aliphatic heterocycles. The molecular weight excluding hydrogens is 480 g/mol. The quantitative estimate of drug-likeness (QED) is 0.482. The highest BCUT2D eigenvalue weighted by molar-refractivity contribution is 6.31. The number of aliphatic hydroxyl groups is 4. The van der Waals surface area contributed by atoms with E-state index in [0.29, 0.717) is 11.4 Å². The largest absolute Gasteiger partial charge is 0.396 e. The topological polar surface area (TPSA) is 99.4 Å². The van der Waals surface area contributed by atoms with Crippen LogP contribution in [0.15, 0.2) is 30.3 Å². The third-order valence-corrected chi connectivity index (χ3v) is 8.25. The number of rotatable bonds is 5. The van der Waals surface area contributed by atoms with E-state index in [1.807, 2.05) is 13.0 Å². The summed E-state index contributed by atoms with van der Waals surface area (Å²) in [7, 11) is 0. The van der Waals surface area contributed by atoms with Crippen molar-refractivity contribution in [2.45, 2.75) is 77.0 Å². The van der Waals surface area contributed by atoms with Crippen molar-refractivity contribution in [1.82, 2.24) is 0 Å². The summed E-state index contributed by atoms with van der Waals surface area (Å²) in [6.45, 7) is 10.8. The first kappa shape index (κ1) is 27.5. The van der Waals surface area contributed by atoms with Gasteiger partial charge in [0, 0.05) is 17.5 Å². The molecule has 2 aromatic carbocycles. The summed E-state index contributed by atoms with van der Waals surface area (Å²) in [5, 5.41) is 41.4. The van der Waals surface area contributed by atoms with E-state index in [0.717, 1.165) is 16.7 Å². The van der Waals surface area contributed by atoms with Gasteiger partial charge in [0.25, 0.3) is 0 Å². The molecule has 1 saturated heterocycles. The van der Waals surface area contributed by atoms with Crippen LogP contribution >= 0.6 is 11.6 Å². The summed E-state index contributed by atoms with van der Waals surface area (Å²) in [6.07, 6.45) is -4.24. The smallest absolute Gasteiger partial charge is 0.186 e. The van der Waals surface area contributed by atoms with E-state index in [1.54, 1.807) is 0 Å². The molecule has 7 heteroatoms. The fourth-order valence-corrected chi connectivity index (χ4v) is 5.96. The Morgan fingerprint density at radius 2 is 1.75 bits per heavy atom. The molecule has 2 aliphatic rings. The van der Waals surface area contributed by atoms with Crippen molar-refractivity contribution in [2.75, 3.05) is 19.8 Å². The van der Waals surface area contributed by atoms with Crippen LogP contribution in [0.5, 0.6) is 0 Å². The molecule has 36 heavy (non-hydrogen) atoms. The lowest BCUT2D eigenvalue weighted by molar-refractivity contribution is -0.274. The molecule has 1 fully saturated rings. The lowest BCUT2D eigenvalue weighted by atomic mass is 9.66. The van der Waals surface area contributed by atoms with E-state index in [-0.39, 0.29) is 43.0 Å². The molecule has 0 bridgehead atoms. The number of halogens is 1. The maximum atomic E-state index is 10.4. The van der Waals surface area contributed by atoms with Crippen molar-refractivity contribution < 1.29 is 29.9 Å². The van der Waals surface area contributed by atoms with Gasteiger partial charge in [0.2, 0.25) is 0 Å². The average Bonchev–Trinajstić information content (AvgIpc) is 2.82. The Morgan fingerprint density at radius 1 is 1.03 bits per heavy atom. The fraction of sp³-hybridized carbons (Fsp3) is 0.586. The normalized spacial score (nSPS) is 30.8. The number of ether oxygens (including phenoxy) is 2. The molecule has 2 aromatic rings. The van der Waals surface area contributed by atoms with Crippen LogP contribution in [0.3, 0.4) is 0 Å². The number of fused-ring (bicyclic) bond motifs is 1. The number of hydrogen-bond donors (Lipinski definition) is 4. The van der Waals surface area contributed by atoms with Gasteiger partial charge in [-0.3, -0.25) is 0 Å². The van der Waals surface area contributed by atoms with Gasteiger partial charge in [-0.1, -0.05) is 56.6 Å². The number of benzene rings is 2. The van der Waals surface area contributed by atoms with E-state index >= 15 is 0 Å². The van der Waals surface area contributed by atoms with E-state index in [1.165, 1.54) is 16.7 Å². The highest BCUT2D eigenvalue weighted by atomic mass is 35.5. The molecule has 198 valence electrons. The minimum Gasteiger partial charge on any atom is -0.396 e. The Kier molecular flexibility index (Phi) is 8.18. The van der Waals surface area contributed by atoms with Gasteiger partial charge >= 0.3 is 0 Å². The molecule has 0 aromatic heterocycles. The lowest BCUT2D eigenvalue weighted by Gasteiger charge is -2.42. The Balaban J connectivity index is 1.76. The van der Waals surface area contributed by atoms with Gasteiger partial charge in [0.15, 0.2) is 6.29 Å². The van der Waals surface area contributed by atoms with Crippen LogP contribution in [-0.2, 0) is 21.3 Å². The molecule has 0 radical (unpaired) electrons. The van der Waals surface area contributed by atoms with Crippen molar-refractivity contribution in [1.29, 1.82) is 0 Å². The number of aliphatic hydroxyl groups excluding tert-OH is 4. The van der Waals surface area contributed by atoms with Crippen LogP contribution in [0.1, 0.15) is 60.1 Å². The Bertz CT molecular complexity index is 1080. The average molecular weight is 519 g/mol. The summed E-state index contributed by atoms with van der Waals surface area (Å²) in [4.78, 5) is 0. The second-order valence-electron chi connectivity index (χ2n) is 11.5. The van der Waals surface area contributed by atoms with Gasteiger partial charge in [-0.2, -0.15) is 0 Å². The van der Waals surface area contributed by atoms with Crippen LogP contribution in [0.2, 0.25) is 5.02 Å². The number of aryl methyl sites for hydroxylation is 2. The summed E-state index contributed by atoms with van der Waals surface area (Å²) < 4.78 is 11.5. The van der Waals surface area contributed by atoms with Crippen molar-refractivity contribution in [3.05, 3.63) is 68.7 Å². The third kappa shape index (κ3) is 5.37. The van der Waals surface area contributed by atoms with Crippen LogP contribution in [0.4, 0.5) is 0 Å². The minimum absolute atomic E-state index is 0.0148. The zero-order valence-corrected chi connectivity index (χ0v) is 22.5. The van der Waals surface area contributed by atoms with Crippen molar-refractivity contribution in [3.63, 3.8) is 0 Å². The Labute approximate surface area is 218 Å². The Morgan fingerprint density at radius 3 is 2.42 bits per heavy atom. The Hall–Kier alpha value is -1.51. The molecule has 6 nitrogen and oxygen atoms in total. The standard InChI is InChI=1S/C29H39ClO6/c1-15-6-7-17(10-22(15)29(3,4)5)25-20-11-23(30)16(2)8-18(20)9-19(12-31)21(25)13-35-28-27(34)26(33)24(32)14-36-28/h6-8,10-11,19,21,24-28,31-34H,9,12-14H2,1-5H3/t19-,21-,24-,25?,26+,27-,28-/m1/s1. The summed E-state index contributed by atoms with van der Waals surface area (Å²) >= 11 is 6.61.